The fourth-order valence-electron chi connectivity index (χ4n) is 4.47. The number of rotatable bonds is 4. The number of carboxylic acids is 1. The van der Waals surface area contributed by atoms with Crippen molar-refractivity contribution >= 4 is 11.9 Å². The van der Waals surface area contributed by atoms with Gasteiger partial charge >= 0.3 is 5.97 Å². The molecule has 1 aliphatic heterocycles. The first-order valence-corrected chi connectivity index (χ1v) is 9.24. The van der Waals surface area contributed by atoms with Crippen LogP contribution in [0, 0.1) is 5.92 Å². The molecule has 26 heavy (non-hydrogen) atoms. The van der Waals surface area contributed by atoms with E-state index in [0.29, 0.717) is 13.1 Å². The van der Waals surface area contributed by atoms with Crippen molar-refractivity contribution in [2.24, 2.45) is 5.92 Å². The molecular weight excluding hydrogens is 326 g/mol. The van der Waals surface area contributed by atoms with Crippen LogP contribution in [0.15, 0.2) is 60.7 Å². The molecule has 4 nitrogen and oxygen atoms in total. The van der Waals surface area contributed by atoms with Crippen LogP contribution in [0.2, 0.25) is 0 Å². The highest BCUT2D eigenvalue weighted by Crippen LogP contribution is 2.46. The van der Waals surface area contributed by atoms with E-state index < -0.39 is 17.3 Å². The summed E-state index contributed by atoms with van der Waals surface area (Å²) in [6.45, 7) is 0.775. The van der Waals surface area contributed by atoms with Crippen molar-refractivity contribution in [2.45, 2.75) is 30.6 Å². The van der Waals surface area contributed by atoms with E-state index in [9.17, 15) is 14.7 Å². The molecule has 1 amide bonds. The molecule has 2 aromatic rings. The van der Waals surface area contributed by atoms with Gasteiger partial charge in [0.1, 0.15) is 0 Å². The highest BCUT2D eigenvalue weighted by atomic mass is 16.4. The molecule has 1 saturated heterocycles. The molecule has 1 saturated carbocycles. The van der Waals surface area contributed by atoms with Crippen LogP contribution in [0.4, 0.5) is 0 Å². The predicted molar refractivity (Wildman–Crippen MR) is 98.9 cm³/mol. The topological polar surface area (TPSA) is 57.6 Å². The third-order valence-electron chi connectivity index (χ3n) is 6.09. The van der Waals surface area contributed by atoms with Gasteiger partial charge in [0.05, 0.1) is 11.3 Å². The van der Waals surface area contributed by atoms with Gasteiger partial charge in [0, 0.05) is 19.0 Å². The first-order valence-electron chi connectivity index (χ1n) is 9.24. The molecule has 0 aromatic heterocycles. The average molecular weight is 349 g/mol. The van der Waals surface area contributed by atoms with E-state index in [2.05, 4.69) is 0 Å². The van der Waals surface area contributed by atoms with Crippen LogP contribution < -0.4 is 0 Å². The number of amides is 1. The minimum absolute atomic E-state index is 0.0969. The van der Waals surface area contributed by atoms with Crippen LogP contribution in [-0.4, -0.2) is 35.0 Å². The lowest BCUT2D eigenvalue weighted by atomic mass is 9.63. The maximum absolute atomic E-state index is 13.4. The summed E-state index contributed by atoms with van der Waals surface area (Å²) in [5.74, 6) is -1.42. The Kier molecular flexibility index (Phi) is 4.27. The van der Waals surface area contributed by atoms with Gasteiger partial charge in [0.2, 0.25) is 5.91 Å². The Morgan fingerprint density at radius 3 is 2.08 bits per heavy atom. The number of carboxylic acid groups (broad SMARTS) is 1. The molecule has 1 heterocycles. The van der Waals surface area contributed by atoms with Crippen LogP contribution >= 0.6 is 0 Å². The maximum atomic E-state index is 13.4. The fourth-order valence-corrected chi connectivity index (χ4v) is 4.47. The Balaban J connectivity index is 1.62. The standard InChI is InChI=1S/C22H23NO3/c24-20(25)19-15-23(14-18(19)16-8-3-1-4-9-16)21(26)22(12-7-13-22)17-10-5-2-6-11-17/h1-6,8-11,18-19H,7,12-15H2,(H,24,25). The molecule has 0 radical (unpaired) electrons. The first kappa shape index (κ1) is 16.8. The third-order valence-corrected chi connectivity index (χ3v) is 6.09. The second-order valence-electron chi connectivity index (χ2n) is 7.47. The average Bonchev–Trinajstić information content (AvgIpc) is 3.08. The molecule has 2 aliphatic rings. The second kappa shape index (κ2) is 6.60. The number of likely N-dealkylation sites (tertiary alicyclic amines) is 1. The van der Waals surface area contributed by atoms with Gasteiger partial charge in [-0.3, -0.25) is 9.59 Å². The monoisotopic (exact) mass is 349 g/mol. The molecule has 2 unspecified atom stereocenters. The van der Waals surface area contributed by atoms with Gasteiger partial charge in [0.15, 0.2) is 0 Å². The number of benzene rings is 2. The van der Waals surface area contributed by atoms with Crippen molar-refractivity contribution in [3.05, 3.63) is 71.8 Å². The van der Waals surface area contributed by atoms with Crippen LogP contribution in [-0.2, 0) is 15.0 Å². The van der Waals surface area contributed by atoms with E-state index in [1.165, 1.54) is 0 Å². The molecule has 0 bridgehead atoms. The van der Waals surface area contributed by atoms with Crippen molar-refractivity contribution in [3.63, 3.8) is 0 Å². The van der Waals surface area contributed by atoms with E-state index in [0.717, 1.165) is 30.4 Å². The molecule has 4 rings (SSSR count). The minimum atomic E-state index is -0.823. The van der Waals surface area contributed by atoms with Crippen molar-refractivity contribution in [3.8, 4) is 0 Å². The Hall–Kier alpha value is -2.62. The van der Waals surface area contributed by atoms with Gasteiger partial charge in [-0.1, -0.05) is 67.1 Å². The maximum Gasteiger partial charge on any atom is 0.308 e. The summed E-state index contributed by atoms with van der Waals surface area (Å²) < 4.78 is 0. The second-order valence-corrected chi connectivity index (χ2v) is 7.47. The molecule has 4 heteroatoms. The van der Waals surface area contributed by atoms with Gasteiger partial charge < -0.3 is 10.0 Å². The molecule has 2 aromatic carbocycles. The summed E-state index contributed by atoms with van der Waals surface area (Å²) in [6.07, 6.45) is 2.74. The molecule has 1 N–H and O–H groups in total. The zero-order valence-electron chi connectivity index (χ0n) is 14.7. The van der Waals surface area contributed by atoms with E-state index in [-0.39, 0.29) is 11.8 Å². The third kappa shape index (κ3) is 2.70. The summed E-state index contributed by atoms with van der Waals surface area (Å²) in [6, 6.07) is 19.7. The number of aliphatic carboxylic acids is 1. The van der Waals surface area contributed by atoms with Crippen LogP contribution in [0.3, 0.4) is 0 Å². The van der Waals surface area contributed by atoms with Gasteiger partial charge in [-0.2, -0.15) is 0 Å². The van der Waals surface area contributed by atoms with E-state index >= 15 is 0 Å². The first-order chi connectivity index (χ1) is 12.6. The lowest BCUT2D eigenvalue weighted by Gasteiger charge is -2.43. The summed E-state index contributed by atoms with van der Waals surface area (Å²) in [5.41, 5.74) is 1.60. The molecular formula is C22H23NO3. The zero-order chi connectivity index (χ0) is 18.1. The molecule has 1 aliphatic carbocycles. The quantitative estimate of drug-likeness (QED) is 0.920. The van der Waals surface area contributed by atoms with Gasteiger partial charge in [-0.05, 0) is 24.0 Å². The van der Waals surface area contributed by atoms with Crippen molar-refractivity contribution in [1.82, 2.24) is 4.90 Å². The number of carbonyl (C=O) groups is 2. The number of hydrogen-bond acceptors (Lipinski definition) is 2. The van der Waals surface area contributed by atoms with Crippen LogP contribution in [0.25, 0.3) is 0 Å². The predicted octanol–water partition coefficient (Wildman–Crippen LogP) is 3.44. The van der Waals surface area contributed by atoms with Gasteiger partial charge in [-0.25, -0.2) is 0 Å². The molecule has 2 atom stereocenters. The SMILES string of the molecule is O=C(O)C1CN(C(=O)C2(c3ccccc3)CCC2)CC1c1ccccc1. The highest BCUT2D eigenvalue weighted by Gasteiger charge is 2.51. The smallest absolute Gasteiger partial charge is 0.308 e. The minimum Gasteiger partial charge on any atom is -0.481 e. The van der Waals surface area contributed by atoms with Gasteiger partial charge in [-0.15, -0.1) is 0 Å². The fraction of sp³-hybridized carbons (Fsp3) is 0.364. The largest absolute Gasteiger partial charge is 0.481 e. The Morgan fingerprint density at radius 2 is 1.54 bits per heavy atom. The van der Waals surface area contributed by atoms with Gasteiger partial charge in [0.25, 0.3) is 0 Å². The Morgan fingerprint density at radius 1 is 0.923 bits per heavy atom. The normalized spacial score (nSPS) is 24.1. The molecule has 2 fully saturated rings. The summed E-state index contributed by atoms with van der Waals surface area (Å²) in [5, 5.41) is 9.70. The summed E-state index contributed by atoms with van der Waals surface area (Å²) in [7, 11) is 0. The van der Waals surface area contributed by atoms with Crippen molar-refractivity contribution < 1.29 is 14.7 Å². The van der Waals surface area contributed by atoms with Crippen molar-refractivity contribution in [2.75, 3.05) is 13.1 Å². The van der Waals surface area contributed by atoms with E-state index in [1.807, 2.05) is 60.7 Å². The van der Waals surface area contributed by atoms with E-state index in [4.69, 9.17) is 0 Å². The van der Waals surface area contributed by atoms with Crippen LogP contribution in [0.5, 0.6) is 0 Å². The van der Waals surface area contributed by atoms with E-state index in [1.54, 1.807) is 4.90 Å². The highest BCUT2D eigenvalue weighted by molar-refractivity contribution is 5.90. The molecule has 0 spiro atoms. The Labute approximate surface area is 153 Å². The lowest BCUT2D eigenvalue weighted by Crippen LogP contribution is -2.50. The number of hydrogen-bond donors (Lipinski definition) is 1. The van der Waals surface area contributed by atoms with Crippen LogP contribution in [0.1, 0.15) is 36.3 Å². The zero-order valence-corrected chi connectivity index (χ0v) is 14.7. The number of carbonyl (C=O) groups excluding carboxylic acids is 1. The summed E-state index contributed by atoms with van der Waals surface area (Å²) >= 11 is 0. The molecule has 134 valence electrons. The van der Waals surface area contributed by atoms with Crippen molar-refractivity contribution in [1.29, 1.82) is 0 Å². The lowest BCUT2D eigenvalue weighted by molar-refractivity contribution is -0.143. The Bertz CT molecular complexity index is 799. The number of nitrogens with zero attached hydrogens (tertiary/aromatic N) is 1. The summed E-state index contributed by atoms with van der Waals surface area (Å²) in [4.78, 5) is 27.0.